The SMILES string of the molecule is CC(C)(CC(=O)NC1(CC(=O)O)CCOCC1)c1ccccc1. The Morgan fingerprint density at radius 1 is 1.22 bits per heavy atom. The average Bonchev–Trinajstić information content (AvgIpc) is 2.47. The molecule has 0 atom stereocenters. The van der Waals surface area contributed by atoms with Crippen molar-refractivity contribution in [1.82, 2.24) is 5.32 Å². The fourth-order valence-corrected chi connectivity index (χ4v) is 3.13. The highest BCUT2D eigenvalue weighted by molar-refractivity contribution is 5.79. The van der Waals surface area contributed by atoms with E-state index in [0.717, 1.165) is 5.56 Å². The second kappa shape index (κ2) is 7.13. The molecule has 1 aliphatic heterocycles. The van der Waals surface area contributed by atoms with Crippen molar-refractivity contribution < 1.29 is 19.4 Å². The molecule has 23 heavy (non-hydrogen) atoms. The Morgan fingerprint density at radius 3 is 2.39 bits per heavy atom. The number of carboxylic acid groups (broad SMARTS) is 1. The number of carbonyl (C=O) groups is 2. The number of rotatable bonds is 6. The van der Waals surface area contributed by atoms with Crippen molar-refractivity contribution >= 4 is 11.9 Å². The lowest BCUT2D eigenvalue weighted by Crippen LogP contribution is -2.54. The molecule has 0 bridgehead atoms. The van der Waals surface area contributed by atoms with Crippen molar-refractivity contribution in [1.29, 1.82) is 0 Å². The molecule has 5 heteroatoms. The lowest BCUT2D eigenvalue weighted by Gasteiger charge is -2.38. The van der Waals surface area contributed by atoms with Gasteiger partial charge in [0.1, 0.15) is 0 Å². The highest BCUT2D eigenvalue weighted by atomic mass is 16.5. The van der Waals surface area contributed by atoms with E-state index in [1.807, 2.05) is 44.2 Å². The first-order chi connectivity index (χ1) is 10.8. The summed E-state index contributed by atoms with van der Waals surface area (Å²) in [5, 5.41) is 12.2. The van der Waals surface area contributed by atoms with E-state index in [-0.39, 0.29) is 17.7 Å². The lowest BCUT2D eigenvalue weighted by atomic mass is 9.80. The minimum atomic E-state index is -0.894. The van der Waals surface area contributed by atoms with E-state index in [9.17, 15) is 9.59 Å². The van der Waals surface area contributed by atoms with Crippen LogP contribution in [0.25, 0.3) is 0 Å². The van der Waals surface area contributed by atoms with Crippen LogP contribution in [0.15, 0.2) is 30.3 Å². The topological polar surface area (TPSA) is 75.6 Å². The summed E-state index contributed by atoms with van der Waals surface area (Å²) >= 11 is 0. The van der Waals surface area contributed by atoms with Crippen LogP contribution >= 0.6 is 0 Å². The van der Waals surface area contributed by atoms with E-state index < -0.39 is 11.5 Å². The summed E-state index contributed by atoms with van der Waals surface area (Å²) in [6.45, 7) is 5.01. The molecule has 0 spiro atoms. The standard InChI is InChI=1S/C18H25NO4/c1-17(2,14-6-4-3-5-7-14)12-15(20)19-18(13-16(21)22)8-10-23-11-9-18/h3-7H,8-13H2,1-2H3,(H,19,20)(H,21,22). The molecule has 1 aromatic carbocycles. The molecular formula is C18H25NO4. The maximum absolute atomic E-state index is 12.5. The van der Waals surface area contributed by atoms with Crippen molar-refractivity contribution in [3.8, 4) is 0 Å². The molecule has 126 valence electrons. The largest absolute Gasteiger partial charge is 0.481 e. The first kappa shape index (κ1) is 17.5. The highest BCUT2D eigenvalue weighted by Gasteiger charge is 2.37. The van der Waals surface area contributed by atoms with Crippen LogP contribution < -0.4 is 5.32 Å². The van der Waals surface area contributed by atoms with Gasteiger partial charge in [-0.2, -0.15) is 0 Å². The fraction of sp³-hybridized carbons (Fsp3) is 0.556. The second-order valence-electron chi connectivity index (χ2n) is 6.94. The van der Waals surface area contributed by atoms with Gasteiger partial charge in [0, 0.05) is 19.6 Å². The summed E-state index contributed by atoms with van der Waals surface area (Å²) in [6.07, 6.45) is 1.33. The maximum Gasteiger partial charge on any atom is 0.305 e. The molecule has 0 unspecified atom stereocenters. The molecule has 0 aromatic heterocycles. The van der Waals surface area contributed by atoms with Crippen LogP contribution in [0.5, 0.6) is 0 Å². The maximum atomic E-state index is 12.5. The number of benzene rings is 1. The number of hydrogen-bond donors (Lipinski definition) is 2. The monoisotopic (exact) mass is 319 g/mol. The van der Waals surface area contributed by atoms with Gasteiger partial charge < -0.3 is 15.2 Å². The Kier molecular flexibility index (Phi) is 5.42. The van der Waals surface area contributed by atoms with Gasteiger partial charge in [-0.1, -0.05) is 44.2 Å². The van der Waals surface area contributed by atoms with Crippen LogP contribution in [0.2, 0.25) is 0 Å². The van der Waals surface area contributed by atoms with Gasteiger partial charge in [0.2, 0.25) is 5.91 Å². The minimum Gasteiger partial charge on any atom is -0.481 e. The number of amides is 1. The van der Waals surface area contributed by atoms with Crippen molar-refractivity contribution in [2.75, 3.05) is 13.2 Å². The summed E-state index contributed by atoms with van der Waals surface area (Å²) in [4.78, 5) is 23.7. The second-order valence-corrected chi connectivity index (χ2v) is 6.94. The average molecular weight is 319 g/mol. The van der Waals surface area contributed by atoms with Crippen LogP contribution in [0, 0.1) is 0 Å². The molecular weight excluding hydrogens is 294 g/mol. The number of carboxylic acids is 1. The molecule has 0 aliphatic carbocycles. The number of nitrogens with one attached hydrogen (secondary N) is 1. The molecule has 1 aromatic rings. The third-order valence-corrected chi connectivity index (χ3v) is 4.50. The molecule has 0 radical (unpaired) electrons. The number of ether oxygens (including phenoxy) is 1. The smallest absolute Gasteiger partial charge is 0.305 e. The summed E-state index contributed by atoms with van der Waals surface area (Å²) in [6, 6.07) is 9.88. The van der Waals surface area contributed by atoms with Gasteiger partial charge in [-0.3, -0.25) is 9.59 Å². The Labute approximate surface area is 137 Å². The van der Waals surface area contributed by atoms with Gasteiger partial charge in [-0.15, -0.1) is 0 Å². The van der Waals surface area contributed by atoms with Gasteiger partial charge in [0.15, 0.2) is 0 Å². The zero-order valence-electron chi connectivity index (χ0n) is 13.8. The molecule has 2 rings (SSSR count). The first-order valence-corrected chi connectivity index (χ1v) is 7.99. The zero-order valence-corrected chi connectivity index (χ0v) is 13.8. The van der Waals surface area contributed by atoms with Gasteiger partial charge in [0.05, 0.1) is 12.0 Å². The van der Waals surface area contributed by atoms with Crippen LogP contribution in [0.4, 0.5) is 0 Å². The Bertz CT molecular complexity index is 547. The zero-order chi connectivity index (χ0) is 16.9. The van der Waals surface area contributed by atoms with E-state index in [2.05, 4.69) is 5.32 Å². The summed E-state index contributed by atoms with van der Waals surface area (Å²) in [5.41, 5.74) is 0.101. The molecule has 1 amide bonds. The quantitative estimate of drug-likeness (QED) is 0.845. The highest BCUT2D eigenvalue weighted by Crippen LogP contribution is 2.29. The summed E-state index contributed by atoms with van der Waals surface area (Å²) < 4.78 is 5.31. The molecule has 2 N–H and O–H groups in total. The minimum absolute atomic E-state index is 0.0616. The Balaban J connectivity index is 2.05. The molecule has 1 aliphatic rings. The lowest BCUT2D eigenvalue weighted by molar-refractivity contribution is -0.140. The van der Waals surface area contributed by atoms with Crippen molar-refractivity contribution in [3.05, 3.63) is 35.9 Å². The van der Waals surface area contributed by atoms with E-state index in [1.54, 1.807) is 0 Å². The Hall–Kier alpha value is -1.88. The summed E-state index contributed by atoms with van der Waals surface area (Å²) in [7, 11) is 0. The number of aliphatic carboxylic acids is 1. The van der Waals surface area contributed by atoms with Crippen LogP contribution in [-0.2, 0) is 19.7 Å². The van der Waals surface area contributed by atoms with E-state index in [1.165, 1.54) is 0 Å². The van der Waals surface area contributed by atoms with Gasteiger partial charge in [0.25, 0.3) is 0 Å². The third kappa shape index (κ3) is 4.79. The number of hydrogen-bond acceptors (Lipinski definition) is 3. The Morgan fingerprint density at radius 2 is 1.83 bits per heavy atom. The van der Waals surface area contributed by atoms with Crippen LogP contribution in [0.3, 0.4) is 0 Å². The van der Waals surface area contributed by atoms with Crippen molar-refractivity contribution in [2.45, 2.75) is 50.5 Å². The fourth-order valence-electron chi connectivity index (χ4n) is 3.13. The predicted octanol–water partition coefficient (Wildman–Crippen LogP) is 2.49. The third-order valence-electron chi connectivity index (χ3n) is 4.50. The molecule has 1 heterocycles. The van der Waals surface area contributed by atoms with Gasteiger partial charge in [-0.05, 0) is 23.8 Å². The van der Waals surface area contributed by atoms with Crippen molar-refractivity contribution in [2.24, 2.45) is 0 Å². The molecule has 1 fully saturated rings. The van der Waals surface area contributed by atoms with Gasteiger partial charge in [-0.25, -0.2) is 0 Å². The van der Waals surface area contributed by atoms with Crippen molar-refractivity contribution in [3.63, 3.8) is 0 Å². The first-order valence-electron chi connectivity index (χ1n) is 7.99. The summed E-state index contributed by atoms with van der Waals surface area (Å²) in [5.74, 6) is -1.00. The molecule has 5 nitrogen and oxygen atoms in total. The van der Waals surface area contributed by atoms with Crippen LogP contribution in [-0.4, -0.2) is 35.7 Å². The van der Waals surface area contributed by atoms with E-state index in [0.29, 0.717) is 32.5 Å². The van der Waals surface area contributed by atoms with Gasteiger partial charge >= 0.3 is 5.97 Å². The number of carbonyl (C=O) groups excluding carboxylic acids is 1. The van der Waals surface area contributed by atoms with E-state index in [4.69, 9.17) is 9.84 Å². The predicted molar refractivity (Wildman–Crippen MR) is 87.3 cm³/mol. The normalized spacial score (nSPS) is 17.5. The van der Waals surface area contributed by atoms with Crippen LogP contribution in [0.1, 0.15) is 45.1 Å². The molecule has 0 saturated carbocycles. The molecule has 1 saturated heterocycles. The van der Waals surface area contributed by atoms with E-state index >= 15 is 0 Å².